The maximum atomic E-state index is 13.2. The lowest BCUT2D eigenvalue weighted by molar-refractivity contribution is -0.546. The van der Waals surface area contributed by atoms with E-state index in [1.807, 2.05) is 13.8 Å². The molecule has 0 aromatic rings. The molecule has 0 aromatic carbocycles. The quantitative estimate of drug-likeness (QED) is 0.545. The molecule has 5 fully saturated rings. The standard InChI is InChI=1S/C20H30N2O5/c1-12-6-7-15-13(2)17(24)22(11-9-16(23)21(4)5)18-20(15)14(12)8-10-19(3,25-18)26-27-20/h9,11-15,18H,6-8,10H2,1-5H3/b11-9+/t12-,13-,14+,15+,18-,19-,20-/m1/s1. The molecule has 0 radical (unpaired) electrons. The van der Waals surface area contributed by atoms with Gasteiger partial charge in [-0.05, 0) is 38.0 Å². The molecule has 4 saturated heterocycles. The van der Waals surface area contributed by atoms with Crippen LogP contribution < -0.4 is 0 Å². The van der Waals surface area contributed by atoms with E-state index in [0.29, 0.717) is 5.92 Å². The zero-order valence-electron chi connectivity index (χ0n) is 16.8. The van der Waals surface area contributed by atoms with Crippen LogP contribution in [-0.4, -0.2) is 53.3 Å². The van der Waals surface area contributed by atoms with Crippen molar-refractivity contribution in [2.45, 2.75) is 64.1 Å². The molecule has 7 heteroatoms. The van der Waals surface area contributed by atoms with Crippen molar-refractivity contribution in [1.29, 1.82) is 0 Å². The van der Waals surface area contributed by atoms with E-state index in [2.05, 4.69) is 6.92 Å². The molecule has 1 saturated carbocycles. The summed E-state index contributed by atoms with van der Waals surface area (Å²) in [5.41, 5.74) is -0.688. The molecule has 27 heavy (non-hydrogen) atoms. The van der Waals surface area contributed by atoms with Gasteiger partial charge in [0.05, 0.1) is 0 Å². The average molecular weight is 378 g/mol. The third-order valence-electron chi connectivity index (χ3n) is 7.12. The summed E-state index contributed by atoms with van der Waals surface area (Å²) in [7, 11) is 3.37. The van der Waals surface area contributed by atoms with Crippen LogP contribution in [0, 0.1) is 23.7 Å². The fourth-order valence-corrected chi connectivity index (χ4v) is 5.54. The predicted molar refractivity (Wildman–Crippen MR) is 96.6 cm³/mol. The zero-order valence-corrected chi connectivity index (χ0v) is 16.8. The number of rotatable bonds is 2. The molecule has 2 amide bonds. The Balaban J connectivity index is 1.79. The summed E-state index contributed by atoms with van der Waals surface area (Å²) in [4.78, 5) is 40.3. The maximum Gasteiger partial charge on any atom is 0.247 e. The topological polar surface area (TPSA) is 68.3 Å². The molecule has 4 aliphatic heterocycles. The Labute approximate surface area is 160 Å². The van der Waals surface area contributed by atoms with Crippen LogP contribution >= 0.6 is 0 Å². The van der Waals surface area contributed by atoms with Crippen LogP contribution in [0.5, 0.6) is 0 Å². The van der Waals surface area contributed by atoms with Crippen LogP contribution in [0.3, 0.4) is 0 Å². The van der Waals surface area contributed by atoms with E-state index in [1.165, 1.54) is 11.0 Å². The Morgan fingerprint density at radius 2 is 1.93 bits per heavy atom. The second-order valence-electron chi connectivity index (χ2n) is 9.01. The number of likely N-dealkylation sites (N-methyl/N-ethyl adjacent to an activating group) is 1. The number of hydrogen-bond donors (Lipinski definition) is 0. The van der Waals surface area contributed by atoms with E-state index in [1.54, 1.807) is 25.2 Å². The predicted octanol–water partition coefficient (Wildman–Crippen LogP) is 2.28. The summed E-state index contributed by atoms with van der Waals surface area (Å²) < 4.78 is 6.38. The SMILES string of the molecule is C[C@@H]1CC[C@H]2[C@@H](C)C(=O)N(/C=C/C(=O)N(C)C)[C@@H]3O[C@@]4(C)CC[C@@H]1[C@@]23OO4. The smallest absolute Gasteiger partial charge is 0.247 e. The summed E-state index contributed by atoms with van der Waals surface area (Å²) >= 11 is 0. The number of likely N-dealkylation sites (tertiary alicyclic amines) is 1. The van der Waals surface area contributed by atoms with Gasteiger partial charge >= 0.3 is 0 Å². The van der Waals surface area contributed by atoms with Gasteiger partial charge in [-0.1, -0.05) is 13.8 Å². The van der Waals surface area contributed by atoms with Gasteiger partial charge in [0.2, 0.25) is 17.6 Å². The van der Waals surface area contributed by atoms with Crippen LogP contribution in [0.4, 0.5) is 0 Å². The highest BCUT2D eigenvalue weighted by Gasteiger charge is 2.70. The molecular formula is C20H30N2O5. The minimum Gasteiger partial charge on any atom is -0.345 e. The van der Waals surface area contributed by atoms with Crippen molar-refractivity contribution >= 4 is 11.8 Å². The van der Waals surface area contributed by atoms with Crippen LogP contribution in [0.2, 0.25) is 0 Å². The Morgan fingerprint density at radius 3 is 2.63 bits per heavy atom. The van der Waals surface area contributed by atoms with Gasteiger partial charge in [-0.25, -0.2) is 9.78 Å². The first-order chi connectivity index (χ1) is 12.7. The van der Waals surface area contributed by atoms with Gasteiger partial charge in [0.25, 0.3) is 0 Å². The van der Waals surface area contributed by atoms with Gasteiger partial charge in [0.15, 0.2) is 11.8 Å². The molecule has 1 aliphatic carbocycles. The molecule has 2 bridgehead atoms. The van der Waals surface area contributed by atoms with Crippen molar-refractivity contribution in [3.63, 3.8) is 0 Å². The van der Waals surface area contributed by atoms with Crippen molar-refractivity contribution < 1.29 is 24.1 Å². The summed E-state index contributed by atoms with van der Waals surface area (Å²) in [5, 5.41) is 0. The number of carbonyl (C=O) groups is 2. The van der Waals surface area contributed by atoms with Gasteiger partial charge in [0.1, 0.15) is 0 Å². The number of nitrogens with zero attached hydrogens (tertiary/aromatic N) is 2. The monoisotopic (exact) mass is 378 g/mol. The molecule has 0 aromatic heterocycles. The van der Waals surface area contributed by atoms with Crippen molar-refractivity contribution in [3.05, 3.63) is 12.3 Å². The molecule has 7 nitrogen and oxygen atoms in total. The highest BCUT2D eigenvalue weighted by molar-refractivity contribution is 5.88. The van der Waals surface area contributed by atoms with Gasteiger partial charge < -0.3 is 9.64 Å². The van der Waals surface area contributed by atoms with Crippen LogP contribution in [0.1, 0.15) is 46.5 Å². The first-order valence-corrected chi connectivity index (χ1v) is 9.96. The third-order valence-corrected chi connectivity index (χ3v) is 7.12. The lowest BCUT2D eigenvalue weighted by atomic mass is 9.57. The number of ether oxygens (including phenoxy) is 1. The fraction of sp³-hybridized carbons (Fsp3) is 0.800. The van der Waals surface area contributed by atoms with E-state index in [4.69, 9.17) is 14.5 Å². The minimum atomic E-state index is -0.879. The van der Waals surface area contributed by atoms with E-state index >= 15 is 0 Å². The zero-order chi connectivity index (χ0) is 19.6. The van der Waals surface area contributed by atoms with Crippen LogP contribution in [0.25, 0.3) is 0 Å². The third kappa shape index (κ3) is 2.66. The lowest BCUT2D eigenvalue weighted by Crippen LogP contribution is -2.74. The van der Waals surface area contributed by atoms with Gasteiger partial charge in [0, 0.05) is 44.6 Å². The molecule has 5 rings (SSSR count). The normalized spacial score (nSPS) is 46.3. The molecule has 1 spiro atoms. The minimum absolute atomic E-state index is 0.0218. The highest BCUT2D eigenvalue weighted by atomic mass is 17.3. The van der Waals surface area contributed by atoms with Gasteiger partial charge in [-0.15, -0.1) is 0 Å². The molecule has 4 heterocycles. The Bertz CT molecular complexity index is 679. The highest BCUT2D eigenvalue weighted by Crippen LogP contribution is 2.60. The van der Waals surface area contributed by atoms with E-state index in [-0.39, 0.29) is 29.6 Å². The maximum absolute atomic E-state index is 13.2. The first kappa shape index (κ1) is 18.9. The molecular weight excluding hydrogens is 348 g/mol. The average Bonchev–Trinajstić information content (AvgIpc) is 2.86. The van der Waals surface area contributed by atoms with Crippen molar-refractivity contribution in [2.24, 2.45) is 23.7 Å². The number of hydrogen-bond acceptors (Lipinski definition) is 5. The Hall–Kier alpha value is -1.44. The number of carbonyl (C=O) groups excluding carboxylic acids is 2. The number of piperidine rings is 1. The molecule has 150 valence electrons. The van der Waals surface area contributed by atoms with Crippen LogP contribution in [0.15, 0.2) is 12.3 Å². The van der Waals surface area contributed by atoms with Crippen molar-refractivity contribution in [3.8, 4) is 0 Å². The molecule has 5 aliphatic rings. The second kappa shape index (κ2) is 6.29. The second-order valence-corrected chi connectivity index (χ2v) is 9.01. The van der Waals surface area contributed by atoms with Crippen LogP contribution in [-0.2, 0) is 24.1 Å². The summed E-state index contributed by atoms with van der Waals surface area (Å²) in [6.07, 6.45) is 6.08. The van der Waals surface area contributed by atoms with Crippen molar-refractivity contribution in [1.82, 2.24) is 9.80 Å². The molecule has 0 N–H and O–H groups in total. The number of amides is 2. The van der Waals surface area contributed by atoms with E-state index in [0.717, 1.165) is 25.7 Å². The number of fused-ring (bicyclic) bond motifs is 2. The fourth-order valence-electron chi connectivity index (χ4n) is 5.54. The largest absolute Gasteiger partial charge is 0.345 e. The van der Waals surface area contributed by atoms with Gasteiger partial charge in [-0.3, -0.25) is 14.5 Å². The lowest BCUT2D eigenvalue weighted by Gasteiger charge is -2.61. The van der Waals surface area contributed by atoms with E-state index in [9.17, 15) is 9.59 Å². The van der Waals surface area contributed by atoms with Crippen molar-refractivity contribution in [2.75, 3.05) is 14.1 Å². The van der Waals surface area contributed by atoms with E-state index < -0.39 is 17.6 Å². The molecule has 0 unspecified atom stereocenters. The summed E-state index contributed by atoms with van der Waals surface area (Å²) in [6.45, 7) is 6.09. The summed E-state index contributed by atoms with van der Waals surface area (Å²) in [6, 6.07) is 0. The van der Waals surface area contributed by atoms with Gasteiger partial charge in [-0.2, -0.15) is 0 Å². The summed E-state index contributed by atoms with van der Waals surface area (Å²) in [5.74, 6) is -0.529. The Kier molecular flexibility index (Phi) is 4.40. The molecule has 7 atom stereocenters. The first-order valence-electron chi connectivity index (χ1n) is 9.96. The Morgan fingerprint density at radius 1 is 1.19 bits per heavy atom.